The van der Waals surface area contributed by atoms with Gasteiger partial charge >= 0.3 is 6.03 Å². The van der Waals surface area contributed by atoms with E-state index in [1.54, 1.807) is 46.3 Å². The number of urea groups is 1. The fourth-order valence-electron chi connectivity index (χ4n) is 8.85. The molecule has 2 saturated carbocycles. The van der Waals surface area contributed by atoms with Gasteiger partial charge in [0, 0.05) is 43.8 Å². The lowest BCUT2D eigenvalue weighted by molar-refractivity contribution is -0.137. The molecule has 13 heteroatoms. The molecule has 0 aromatic heterocycles. The number of halogens is 1. The number of hydrogen-bond donors (Lipinski definition) is 2. The smallest absolute Gasteiger partial charge is 0.327 e. The van der Waals surface area contributed by atoms with E-state index >= 15 is 4.21 Å². The molecule has 5 atom stereocenters. The summed E-state index contributed by atoms with van der Waals surface area (Å²) in [6.07, 6.45) is 12.0. The van der Waals surface area contributed by atoms with Gasteiger partial charge in [-0.15, -0.1) is 4.36 Å². The van der Waals surface area contributed by atoms with Crippen molar-refractivity contribution < 1.29 is 32.7 Å². The lowest BCUT2D eigenvalue weighted by Gasteiger charge is -2.46. The number of methoxy groups -OCH3 is 2. The van der Waals surface area contributed by atoms with E-state index in [0.717, 1.165) is 75.0 Å². The van der Waals surface area contributed by atoms with Crippen LogP contribution in [0.3, 0.4) is 0 Å². The molecule has 2 aromatic rings. The van der Waals surface area contributed by atoms with Gasteiger partial charge in [-0.25, -0.2) is 13.7 Å². The van der Waals surface area contributed by atoms with Crippen LogP contribution in [0.4, 0.5) is 10.5 Å². The molecule has 3 amide bonds. The lowest BCUT2D eigenvalue weighted by Crippen LogP contribution is -2.49. The Bertz CT molecular complexity index is 1850. The number of nitrogens with zero attached hydrogens (tertiary/aromatic N) is 2. The fraction of sp³-hybridized carbons (Fsp3) is 0.600. The maximum atomic E-state index is 15.1. The molecule has 0 saturated heterocycles. The molecule has 2 bridgehead atoms. The summed E-state index contributed by atoms with van der Waals surface area (Å²) in [5, 5.41) is 3.71. The molecule has 11 nitrogen and oxygen atoms in total. The minimum absolute atomic E-state index is 0.111. The van der Waals surface area contributed by atoms with Crippen LogP contribution in [-0.4, -0.2) is 80.5 Å². The SMILES string of the molecule is CO[C@H]1/C=C/COC(C)(C)C(=O)N=S(=O)(NC(=O)N[C@H]2CC[C@H](OC)CC2)c2ccc3c(c2)N(C[C@@H]2CC[C@H]21)C[C@@]1(CCCc2cc(Cl)ccc21)CO3. The molecule has 0 radical (unpaired) electrons. The van der Waals surface area contributed by atoms with Crippen molar-refractivity contribution in [1.82, 2.24) is 10.0 Å². The Morgan fingerprint density at radius 3 is 2.60 bits per heavy atom. The van der Waals surface area contributed by atoms with E-state index in [4.69, 9.17) is 30.5 Å². The van der Waals surface area contributed by atoms with Crippen LogP contribution in [0.2, 0.25) is 5.02 Å². The molecule has 7 rings (SSSR count). The van der Waals surface area contributed by atoms with E-state index < -0.39 is 27.5 Å². The predicted octanol–water partition coefficient (Wildman–Crippen LogP) is 6.74. The van der Waals surface area contributed by atoms with E-state index in [-0.39, 0.29) is 41.1 Å². The molecule has 2 heterocycles. The molecule has 1 spiro atoms. The third-order valence-electron chi connectivity index (χ3n) is 12.1. The summed E-state index contributed by atoms with van der Waals surface area (Å²) >= 11 is 6.48. The van der Waals surface area contributed by atoms with Crippen LogP contribution in [-0.2, 0) is 40.8 Å². The van der Waals surface area contributed by atoms with Gasteiger partial charge in [0.25, 0.3) is 5.91 Å². The number of fused-ring (bicyclic) bond motifs is 4. The highest BCUT2D eigenvalue weighted by Crippen LogP contribution is 2.47. The first kappa shape index (κ1) is 38.1. The molecule has 2 aromatic carbocycles. The number of benzene rings is 2. The molecule has 2 aliphatic heterocycles. The highest BCUT2D eigenvalue weighted by atomic mass is 35.5. The second-order valence-electron chi connectivity index (χ2n) is 15.9. The van der Waals surface area contributed by atoms with E-state index in [1.807, 2.05) is 18.2 Å². The van der Waals surface area contributed by atoms with Crippen LogP contribution < -0.4 is 19.7 Å². The van der Waals surface area contributed by atoms with Gasteiger partial charge in [0.15, 0.2) is 9.92 Å². The van der Waals surface area contributed by atoms with Crippen molar-refractivity contribution in [2.75, 3.05) is 45.4 Å². The van der Waals surface area contributed by atoms with Crippen molar-refractivity contribution >= 4 is 39.1 Å². The summed E-state index contributed by atoms with van der Waals surface area (Å²) in [5.74, 6) is 0.516. The summed E-state index contributed by atoms with van der Waals surface area (Å²) in [6, 6.07) is 10.7. The van der Waals surface area contributed by atoms with Crippen molar-refractivity contribution in [3.05, 3.63) is 64.7 Å². The molecule has 2 N–H and O–H groups in total. The zero-order valence-electron chi connectivity index (χ0n) is 31.2. The monoisotopic (exact) mass is 768 g/mol. The number of ether oxygens (including phenoxy) is 4. The number of rotatable bonds is 4. The van der Waals surface area contributed by atoms with Crippen LogP contribution in [0.15, 0.2) is 57.8 Å². The van der Waals surface area contributed by atoms with Crippen LogP contribution in [0.25, 0.3) is 0 Å². The van der Waals surface area contributed by atoms with Gasteiger partial charge in [-0.3, -0.25) is 4.79 Å². The van der Waals surface area contributed by atoms with Gasteiger partial charge in [-0.05, 0) is 125 Å². The van der Waals surface area contributed by atoms with Crippen LogP contribution >= 0.6 is 11.6 Å². The first-order valence-electron chi connectivity index (χ1n) is 19.0. The molecule has 2 fully saturated rings. The number of amides is 3. The van der Waals surface area contributed by atoms with E-state index in [2.05, 4.69) is 31.4 Å². The van der Waals surface area contributed by atoms with Crippen molar-refractivity contribution in [3.8, 4) is 5.75 Å². The van der Waals surface area contributed by atoms with Gasteiger partial charge in [0.1, 0.15) is 11.4 Å². The van der Waals surface area contributed by atoms with Gasteiger partial charge in [-0.2, -0.15) is 0 Å². The maximum absolute atomic E-state index is 15.1. The number of anilines is 1. The lowest BCUT2D eigenvalue weighted by atomic mass is 9.68. The first-order valence-corrected chi connectivity index (χ1v) is 20.9. The zero-order chi connectivity index (χ0) is 37.4. The van der Waals surface area contributed by atoms with Crippen molar-refractivity contribution in [3.63, 3.8) is 0 Å². The van der Waals surface area contributed by atoms with Crippen LogP contribution in [0, 0.1) is 11.8 Å². The summed E-state index contributed by atoms with van der Waals surface area (Å²) in [6.45, 7) is 5.20. The Kier molecular flexibility index (Phi) is 11.2. The van der Waals surface area contributed by atoms with Crippen LogP contribution in [0.5, 0.6) is 5.75 Å². The Hall–Kier alpha value is -3.16. The Morgan fingerprint density at radius 2 is 1.87 bits per heavy atom. The predicted molar refractivity (Wildman–Crippen MR) is 205 cm³/mol. The Balaban J connectivity index is 1.30. The number of nitrogens with one attached hydrogen (secondary N) is 2. The summed E-state index contributed by atoms with van der Waals surface area (Å²) in [4.78, 5) is 30.0. The number of carbonyl (C=O) groups excluding carboxylic acids is 2. The maximum Gasteiger partial charge on any atom is 0.327 e. The number of hydrogen-bond acceptors (Lipinski definition) is 8. The van der Waals surface area contributed by atoms with Crippen LogP contribution in [0.1, 0.15) is 76.3 Å². The molecular weight excluding hydrogens is 716 g/mol. The standard InChI is InChI=1S/C40H53ClN4O7S/c1-39(2)37(46)43-53(48,44-38(47)42-29-11-13-30(49-3)14-12-29)31-15-18-36-34(22-31)45(23-27-9-16-32(27)35(50-4)8-6-20-52-39)24-40(25-51-36)19-5-7-26-21-28(41)10-17-33(26)40/h6,8,10,15,17-18,21-22,27,29-30,32,35H,5,7,9,11-14,16,19-20,23-25H2,1-4H3,(H2,42,43,44,46,47,48)/b8-6+/t27-,29-,30-,32+,35-,40-,53?/m0/s1. The van der Waals surface area contributed by atoms with Gasteiger partial charge in [0.05, 0.1) is 36.0 Å². The molecular formula is C40H53ClN4O7S. The highest BCUT2D eigenvalue weighted by molar-refractivity contribution is 7.92. The molecule has 1 unspecified atom stereocenters. The molecule has 53 heavy (non-hydrogen) atoms. The third-order valence-corrected chi connectivity index (χ3v) is 14.1. The summed E-state index contributed by atoms with van der Waals surface area (Å²) in [7, 11) is -0.417. The minimum atomic E-state index is -3.85. The Morgan fingerprint density at radius 1 is 1.06 bits per heavy atom. The molecule has 5 aliphatic rings. The summed E-state index contributed by atoms with van der Waals surface area (Å²) in [5.41, 5.74) is 1.53. The second-order valence-corrected chi connectivity index (χ2v) is 18.2. The van der Waals surface area contributed by atoms with Crippen molar-refractivity contribution in [2.45, 2.75) is 106 Å². The first-order chi connectivity index (χ1) is 25.4. The number of aryl methyl sites for hydroxylation is 1. The molecule has 3 aliphatic carbocycles. The normalized spacial score (nSPS) is 33.2. The second kappa shape index (κ2) is 15.5. The fourth-order valence-corrected chi connectivity index (χ4v) is 10.6. The third kappa shape index (κ3) is 7.99. The zero-order valence-corrected chi connectivity index (χ0v) is 32.8. The summed E-state index contributed by atoms with van der Waals surface area (Å²) < 4.78 is 46.3. The average molecular weight is 769 g/mol. The molecule has 288 valence electrons. The largest absolute Gasteiger partial charge is 0.490 e. The topological polar surface area (TPSA) is 128 Å². The number of carbonyl (C=O) groups is 2. The van der Waals surface area contributed by atoms with Gasteiger partial charge in [0.2, 0.25) is 0 Å². The van der Waals surface area contributed by atoms with Gasteiger partial charge < -0.3 is 29.2 Å². The highest BCUT2D eigenvalue weighted by Gasteiger charge is 2.45. The quantitative estimate of drug-likeness (QED) is 0.328. The van der Waals surface area contributed by atoms with Gasteiger partial charge in [-0.1, -0.05) is 29.8 Å². The van der Waals surface area contributed by atoms with E-state index in [1.165, 1.54) is 11.1 Å². The van der Waals surface area contributed by atoms with E-state index in [0.29, 0.717) is 24.8 Å². The average Bonchev–Trinajstić information content (AvgIpc) is 3.27. The Labute approximate surface area is 318 Å². The minimum Gasteiger partial charge on any atom is -0.490 e. The van der Waals surface area contributed by atoms with Crippen molar-refractivity contribution in [2.24, 2.45) is 16.2 Å². The van der Waals surface area contributed by atoms with Crippen molar-refractivity contribution in [1.29, 1.82) is 0 Å². The van der Waals surface area contributed by atoms with E-state index in [9.17, 15) is 9.59 Å².